The van der Waals surface area contributed by atoms with Crippen molar-refractivity contribution in [2.75, 3.05) is 18.5 Å². The largest absolute Gasteiger partial charge is 0.373 e. The molecule has 2 aromatic rings. The van der Waals surface area contributed by atoms with Crippen molar-refractivity contribution in [3.05, 3.63) is 50.2 Å². The molecule has 1 fully saturated rings. The van der Waals surface area contributed by atoms with Crippen LogP contribution in [0.5, 0.6) is 0 Å². The average Bonchev–Trinajstić information content (AvgIpc) is 3.26. The van der Waals surface area contributed by atoms with E-state index in [2.05, 4.69) is 51.9 Å². The van der Waals surface area contributed by atoms with Gasteiger partial charge in [-0.05, 0) is 73.0 Å². The van der Waals surface area contributed by atoms with Crippen LogP contribution in [0.1, 0.15) is 53.0 Å². The number of pyridine rings is 1. The maximum atomic E-state index is 12.4. The van der Waals surface area contributed by atoms with E-state index in [0.29, 0.717) is 24.6 Å². The molecule has 1 N–H and O–H groups in total. The number of rotatable bonds is 4. The Kier molecular flexibility index (Phi) is 4.88. The normalized spacial score (nSPS) is 19.1. The van der Waals surface area contributed by atoms with E-state index in [1.54, 1.807) is 0 Å². The minimum Gasteiger partial charge on any atom is -0.373 e. The molecule has 1 aromatic heterocycles. The molecular formula is C20H22IN3O2. The van der Waals surface area contributed by atoms with Crippen LogP contribution in [0.15, 0.2) is 24.3 Å². The summed E-state index contributed by atoms with van der Waals surface area (Å²) in [5.74, 6) is 0.721. The third-order valence-electron chi connectivity index (χ3n) is 5.08. The number of amides is 1. The lowest BCUT2D eigenvalue weighted by molar-refractivity contribution is 0.0783. The minimum absolute atomic E-state index is 0.0179. The fraction of sp³-hybridized carbons (Fsp3) is 0.400. The number of hydrogen-bond donors (Lipinski definition) is 1. The number of aromatic nitrogens is 1. The number of aryl methyl sites for hydroxylation is 1. The summed E-state index contributed by atoms with van der Waals surface area (Å²) in [6.45, 7) is 6.27. The topological polar surface area (TPSA) is 54.5 Å². The number of benzene rings is 1. The summed E-state index contributed by atoms with van der Waals surface area (Å²) in [5.41, 5.74) is 4.96. The van der Waals surface area contributed by atoms with Gasteiger partial charge in [0.1, 0.15) is 11.5 Å². The molecule has 2 aliphatic heterocycles. The summed E-state index contributed by atoms with van der Waals surface area (Å²) in [4.78, 5) is 18.8. The quantitative estimate of drug-likeness (QED) is 0.676. The van der Waals surface area contributed by atoms with Crippen molar-refractivity contribution in [3.63, 3.8) is 0 Å². The Morgan fingerprint density at radius 3 is 2.96 bits per heavy atom. The first-order valence-electron chi connectivity index (χ1n) is 9.04. The molecule has 0 aliphatic carbocycles. The zero-order valence-electron chi connectivity index (χ0n) is 15.0. The van der Waals surface area contributed by atoms with Gasteiger partial charge in [0, 0.05) is 40.1 Å². The molecule has 0 saturated carbocycles. The van der Waals surface area contributed by atoms with Crippen molar-refractivity contribution >= 4 is 40.0 Å². The fourth-order valence-corrected chi connectivity index (χ4v) is 4.08. The van der Waals surface area contributed by atoms with Crippen LogP contribution in [0.3, 0.4) is 0 Å². The van der Waals surface area contributed by atoms with Crippen LogP contribution in [0.25, 0.3) is 0 Å². The molecule has 4 rings (SSSR count). The maximum Gasteiger partial charge on any atom is 0.273 e. The number of nitrogens with zero attached hydrogens (tertiary/aromatic N) is 2. The molecule has 1 unspecified atom stereocenters. The van der Waals surface area contributed by atoms with Gasteiger partial charge >= 0.3 is 0 Å². The molecule has 6 heteroatoms. The van der Waals surface area contributed by atoms with E-state index in [1.807, 2.05) is 24.0 Å². The van der Waals surface area contributed by atoms with Crippen LogP contribution in [-0.2, 0) is 11.3 Å². The van der Waals surface area contributed by atoms with E-state index < -0.39 is 0 Å². The first-order chi connectivity index (χ1) is 12.6. The second-order valence-electron chi connectivity index (χ2n) is 6.84. The molecule has 0 spiro atoms. The third kappa shape index (κ3) is 3.20. The zero-order valence-corrected chi connectivity index (χ0v) is 17.2. The highest BCUT2D eigenvalue weighted by molar-refractivity contribution is 14.1. The minimum atomic E-state index is 0.0179. The Balaban J connectivity index is 1.67. The summed E-state index contributed by atoms with van der Waals surface area (Å²) in [6.07, 6.45) is 2.25. The van der Waals surface area contributed by atoms with Gasteiger partial charge < -0.3 is 15.0 Å². The number of ether oxygens (including phenoxy) is 1. The molecule has 0 radical (unpaired) electrons. The van der Waals surface area contributed by atoms with Gasteiger partial charge in [-0.2, -0.15) is 0 Å². The highest BCUT2D eigenvalue weighted by Crippen LogP contribution is 2.37. The second kappa shape index (κ2) is 7.15. The van der Waals surface area contributed by atoms with Gasteiger partial charge in [-0.25, -0.2) is 4.98 Å². The van der Waals surface area contributed by atoms with Crippen molar-refractivity contribution in [2.45, 2.75) is 39.3 Å². The molecule has 3 heterocycles. The lowest BCUT2D eigenvalue weighted by Crippen LogP contribution is -2.23. The van der Waals surface area contributed by atoms with E-state index in [-0.39, 0.29) is 12.0 Å². The second-order valence-corrected chi connectivity index (χ2v) is 8.00. The predicted molar refractivity (Wildman–Crippen MR) is 110 cm³/mol. The van der Waals surface area contributed by atoms with Crippen LogP contribution in [0.2, 0.25) is 0 Å². The van der Waals surface area contributed by atoms with Crippen LogP contribution < -0.4 is 5.32 Å². The monoisotopic (exact) mass is 463 g/mol. The SMILES string of the molecule is CCN1Cc2ccc(Nc3cc(C)c(I)cc3C3CCCO3)nc2C1=O. The van der Waals surface area contributed by atoms with Gasteiger partial charge in [0.05, 0.1) is 6.10 Å². The number of fused-ring (bicyclic) bond motifs is 1. The van der Waals surface area contributed by atoms with Gasteiger partial charge in [-0.15, -0.1) is 0 Å². The number of anilines is 2. The molecule has 1 amide bonds. The molecule has 5 nitrogen and oxygen atoms in total. The number of nitrogens with one attached hydrogen (secondary N) is 1. The summed E-state index contributed by atoms with van der Waals surface area (Å²) >= 11 is 2.37. The van der Waals surface area contributed by atoms with Crippen LogP contribution in [0, 0.1) is 10.5 Å². The Morgan fingerprint density at radius 2 is 2.23 bits per heavy atom. The molecule has 1 saturated heterocycles. The van der Waals surface area contributed by atoms with Crippen LogP contribution in [0.4, 0.5) is 11.5 Å². The Bertz CT molecular complexity index is 862. The molecule has 1 atom stereocenters. The van der Waals surface area contributed by atoms with E-state index in [1.165, 1.54) is 14.7 Å². The number of carbonyl (C=O) groups is 1. The molecule has 0 bridgehead atoms. The molecule has 26 heavy (non-hydrogen) atoms. The van der Waals surface area contributed by atoms with E-state index in [9.17, 15) is 4.79 Å². The average molecular weight is 463 g/mol. The van der Waals surface area contributed by atoms with Crippen molar-refractivity contribution in [1.29, 1.82) is 0 Å². The van der Waals surface area contributed by atoms with Gasteiger partial charge in [-0.3, -0.25) is 4.79 Å². The van der Waals surface area contributed by atoms with Gasteiger partial charge in [0.2, 0.25) is 0 Å². The Morgan fingerprint density at radius 1 is 1.38 bits per heavy atom. The van der Waals surface area contributed by atoms with Crippen LogP contribution >= 0.6 is 22.6 Å². The standard InChI is InChI=1S/C20H22IN3O2/c1-3-24-11-13-6-7-18(23-19(13)20(24)25)22-16-9-12(2)15(21)10-14(16)17-5-4-8-26-17/h6-7,9-10,17H,3-5,8,11H2,1-2H3,(H,22,23). The molecule has 2 aliphatic rings. The fourth-order valence-electron chi connectivity index (χ4n) is 3.59. The Labute approximate surface area is 167 Å². The number of hydrogen-bond acceptors (Lipinski definition) is 4. The predicted octanol–water partition coefficient (Wildman–Crippen LogP) is 4.57. The first kappa shape index (κ1) is 17.7. The van der Waals surface area contributed by atoms with Crippen molar-refractivity contribution in [3.8, 4) is 0 Å². The molecular weight excluding hydrogens is 441 g/mol. The van der Waals surface area contributed by atoms with Gasteiger partial charge in [-0.1, -0.05) is 6.07 Å². The van der Waals surface area contributed by atoms with E-state index in [0.717, 1.165) is 30.7 Å². The Hall–Kier alpha value is -1.67. The number of carbonyl (C=O) groups excluding carboxylic acids is 1. The molecule has 136 valence electrons. The lowest BCUT2D eigenvalue weighted by Gasteiger charge is -2.18. The molecule has 1 aromatic carbocycles. The van der Waals surface area contributed by atoms with Crippen molar-refractivity contribution in [1.82, 2.24) is 9.88 Å². The highest BCUT2D eigenvalue weighted by Gasteiger charge is 2.28. The summed E-state index contributed by atoms with van der Waals surface area (Å²) in [5, 5.41) is 3.44. The van der Waals surface area contributed by atoms with Crippen LogP contribution in [-0.4, -0.2) is 28.9 Å². The van der Waals surface area contributed by atoms with Crippen molar-refractivity contribution in [2.24, 2.45) is 0 Å². The summed E-state index contributed by atoms with van der Waals surface area (Å²) < 4.78 is 7.14. The first-order valence-corrected chi connectivity index (χ1v) is 10.1. The van der Waals surface area contributed by atoms with Crippen molar-refractivity contribution < 1.29 is 9.53 Å². The zero-order chi connectivity index (χ0) is 18.3. The van der Waals surface area contributed by atoms with Gasteiger partial charge in [0.25, 0.3) is 5.91 Å². The summed E-state index contributed by atoms with van der Waals surface area (Å²) in [6, 6.07) is 8.31. The van der Waals surface area contributed by atoms with E-state index >= 15 is 0 Å². The lowest BCUT2D eigenvalue weighted by atomic mass is 10.0. The smallest absolute Gasteiger partial charge is 0.273 e. The number of halogens is 1. The highest BCUT2D eigenvalue weighted by atomic mass is 127. The van der Waals surface area contributed by atoms with E-state index in [4.69, 9.17) is 4.74 Å². The maximum absolute atomic E-state index is 12.4. The summed E-state index contributed by atoms with van der Waals surface area (Å²) in [7, 11) is 0. The third-order valence-corrected chi connectivity index (χ3v) is 6.24. The van der Waals surface area contributed by atoms with Gasteiger partial charge in [0.15, 0.2) is 0 Å².